The normalized spacial score (nSPS) is 12.1. The molecule has 3 aromatic rings. The Morgan fingerprint density at radius 3 is 1.43 bits per heavy atom. The van der Waals surface area contributed by atoms with Crippen LogP contribution in [-0.2, 0) is 25.9 Å². The second-order valence-corrected chi connectivity index (χ2v) is 15.3. The van der Waals surface area contributed by atoms with Crippen molar-refractivity contribution in [3.8, 4) is 0 Å². The molecule has 0 spiro atoms. The van der Waals surface area contributed by atoms with Gasteiger partial charge < -0.3 is 0 Å². The van der Waals surface area contributed by atoms with E-state index in [0.717, 1.165) is 25.9 Å². The molecule has 0 N–H and O–H groups in total. The Kier molecular flexibility index (Phi) is 23.0. The molecule has 0 aliphatic rings. The van der Waals surface area contributed by atoms with E-state index < -0.39 is 0 Å². The number of imidazole rings is 1. The van der Waals surface area contributed by atoms with Gasteiger partial charge in [0.2, 0.25) is 0 Å². The molecule has 1 heterocycles. The lowest BCUT2D eigenvalue weighted by molar-refractivity contribution is -0.704. The van der Waals surface area contributed by atoms with Crippen LogP contribution in [0.4, 0.5) is 0 Å². The fourth-order valence-electron chi connectivity index (χ4n) is 7.70. The van der Waals surface area contributed by atoms with E-state index >= 15 is 0 Å². The van der Waals surface area contributed by atoms with Crippen molar-refractivity contribution in [1.82, 2.24) is 4.57 Å². The molecule has 0 aliphatic heterocycles. The van der Waals surface area contributed by atoms with Crippen molar-refractivity contribution in [3.05, 3.63) is 89.5 Å². The van der Waals surface area contributed by atoms with E-state index in [1.54, 1.807) is 0 Å². The smallest absolute Gasteiger partial charge is 0.234 e. The van der Waals surface area contributed by atoms with Gasteiger partial charge in [0.05, 0.1) is 19.5 Å². The van der Waals surface area contributed by atoms with Gasteiger partial charge in [-0.25, -0.2) is 9.13 Å². The first kappa shape index (κ1) is 41.1. The number of benzene rings is 2. The first-order chi connectivity index (χ1) is 24.2. The van der Waals surface area contributed by atoms with E-state index in [1.807, 2.05) is 0 Å². The fourth-order valence-corrected chi connectivity index (χ4v) is 7.70. The largest absolute Gasteiger partial charge is 0.261 e. The highest BCUT2D eigenvalue weighted by atomic mass is 15.2. The molecule has 274 valence electrons. The van der Waals surface area contributed by atoms with Crippen LogP contribution in [0.3, 0.4) is 0 Å². The van der Waals surface area contributed by atoms with Gasteiger partial charge in [0.1, 0.15) is 11.9 Å². The van der Waals surface area contributed by atoms with Crippen LogP contribution in [0.1, 0.15) is 203 Å². The number of rotatable bonds is 31. The molecule has 0 radical (unpaired) electrons. The number of unbranched alkanes of at least 4 members (excludes halogenated alkanes) is 22. The summed E-state index contributed by atoms with van der Waals surface area (Å²) in [6, 6.07) is 22.4. The van der Waals surface area contributed by atoms with Crippen molar-refractivity contribution in [3.63, 3.8) is 0 Å². The molecule has 1 unspecified atom stereocenters. The lowest BCUT2D eigenvalue weighted by atomic mass is 9.96. The number of nitrogens with zero attached hydrogens (tertiary/aromatic N) is 2. The topological polar surface area (TPSA) is 8.81 Å². The maximum atomic E-state index is 2.75. The van der Waals surface area contributed by atoms with Gasteiger partial charge in [-0.2, -0.15) is 0 Å². The minimum absolute atomic E-state index is 0.515. The third-order valence-corrected chi connectivity index (χ3v) is 10.9. The average Bonchev–Trinajstić information content (AvgIpc) is 3.44. The molecule has 1 aromatic heterocycles. The van der Waals surface area contributed by atoms with Gasteiger partial charge in [-0.15, -0.1) is 0 Å². The van der Waals surface area contributed by atoms with E-state index in [-0.39, 0.29) is 0 Å². The van der Waals surface area contributed by atoms with Gasteiger partial charge >= 0.3 is 0 Å². The summed E-state index contributed by atoms with van der Waals surface area (Å²) in [6.07, 6.45) is 38.4. The molecule has 0 fully saturated rings. The van der Waals surface area contributed by atoms with Crippen molar-refractivity contribution < 1.29 is 4.57 Å². The van der Waals surface area contributed by atoms with Crippen LogP contribution in [0.2, 0.25) is 0 Å². The van der Waals surface area contributed by atoms with E-state index in [4.69, 9.17) is 0 Å². The summed E-state index contributed by atoms with van der Waals surface area (Å²) in [6.45, 7) is 9.34. The monoisotopic (exact) mass is 670 g/mol. The zero-order chi connectivity index (χ0) is 34.6. The Morgan fingerprint density at radius 1 is 0.510 bits per heavy atom. The Bertz CT molecular complexity index is 1160. The molecule has 0 amide bonds. The van der Waals surface area contributed by atoms with Crippen molar-refractivity contribution in [2.45, 2.75) is 207 Å². The van der Waals surface area contributed by atoms with Crippen molar-refractivity contribution in [1.29, 1.82) is 0 Å². The Labute approximate surface area is 304 Å². The minimum Gasteiger partial charge on any atom is -0.234 e. The maximum absolute atomic E-state index is 2.75. The summed E-state index contributed by atoms with van der Waals surface area (Å²) in [5, 5.41) is 0. The first-order valence-corrected chi connectivity index (χ1v) is 21.4. The van der Waals surface area contributed by atoms with Crippen LogP contribution in [0, 0.1) is 0 Å². The molecular weight excluding hydrogens is 593 g/mol. The van der Waals surface area contributed by atoms with Gasteiger partial charge in [0.15, 0.2) is 0 Å². The lowest BCUT2D eigenvalue weighted by Gasteiger charge is -2.12. The maximum Gasteiger partial charge on any atom is 0.261 e. The predicted molar refractivity (Wildman–Crippen MR) is 215 cm³/mol. The van der Waals surface area contributed by atoms with E-state index in [2.05, 4.69) is 96.8 Å². The van der Waals surface area contributed by atoms with Crippen molar-refractivity contribution >= 4 is 0 Å². The Hall–Kier alpha value is -2.35. The van der Waals surface area contributed by atoms with Crippen molar-refractivity contribution in [2.75, 3.05) is 0 Å². The summed E-state index contributed by atoms with van der Waals surface area (Å²) in [4.78, 5) is 0. The number of hydrogen-bond acceptors (Lipinski definition) is 0. The van der Waals surface area contributed by atoms with Crippen LogP contribution in [-0.4, -0.2) is 4.57 Å². The molecule has 0 aliphatic carbocycles. The summed E-state index contributed by atoms with van der Waals surface area (Å²) in [5.74, 6) is 2.04. The van der Waals surface area contributed by atoms with Crippen LogP contribution < -0.4 is 4.57 Å². The summed E-state index contributed by atoms with van der Waals surface area (Å²) < 4.78 is 5.41. The van der Waals surface area contributed by atoms with Gasteiger partial charge in [-0.1, -0.05) is 210 Å². The molecule has 0 bridgehead atoms. The second-order valence-electron chi connectivity index (χ2n) is 15.3. The number of aromatic nitrogens is 2. The third kappa shape index (κ3) is 17.9. The van der Waals surface area contributed by atoms with Gasteiger partial charge in [0, 0.05) is 6.42 Å². The zero-order valence-corrected chi connectivity index (χ0v) is 32.6. The zero-order valence-electron chi connectivity index (χ0n) is 32.6. The third-order valence-electron chi connectivity index (χ3n) is 10.9. The Morgan fingerprint density at radius 2 is 0.939 bits per heavy atom. The molecular formula is C47H77N2+. The molecule has 2 nitrogen and oxygen atoms in total. The van der Waals surface area contributed by atoms with Crippen LogP contribution in [0.25, 0.3) is 0 Å². The van der Waals surface area contributed by atoms with E-state index in [1.165, 1.54) is 177 Å². The fraction of sp³-hybridized carbons (Fsp3) is 0.681. The lowest BCUT2D eigenvalue weighted by Crippen LogP contribution is -2.37. The number of aryl methyl sites for hydroxylation is 1. The second kappa shape index (κ2) is 27.4. The van der Waals surface area contributed by atoms with E-state index in [0.29, 0.717) is 5.92 Å². The van der Waals surface area contributed by atoms with Crippen LogP contribution in [0.5, 0.6) is 0 Å². The Balaban J connectivity index is 1.55. The van der Waals surface area contributed by atoms with Gasteiger partial charge in [0.25, 0.3) is 5.82 Å². The van der Waals surface area contributed by atoms with Gasteiger partial charge in [-0.3, -0.25) is 0 Å². The molecule has 3 rings (SSSR count). The summed E-state index contributed by atoms with van der Waals surface area (Å²) >= 11 is 0. The highest BCUT2D eigenvalue weighted by Gasteiger charge is 2.25. The number of hydrogen-bond donors (Lipinski definition) is 0. The van der Waals surface area contributed by atoms with Crippen molar-refractivity contribution in [2.24, 2.45) is 0 Å². The highest BCUT2D eigenvalue weighted by molar-refractivity contribution is 5.22. The molecule has 0 saturated heterocycles. The predicted octanol–water partition coefficient (Wildman–Crippen LogP) is 14.1. The summed E-state index contributed by atoms with van der Waals surface area (Å²) in [5.41, 5.74) is 4.42. The summed E-state index contributed by atoms with van der Waals surface area (Å²) in [7, 11) is 0. The molecule has 49 heavy (non-hydrogen) atoms. The average molecular weight is 670 g/mol. The minimum atomic E-state index is 0.515. The molecule has 2 aromatic carbocycles. The SMILES string of the molecule is CCCCCCCCCCCCCCCC[n+]1cc(CC(C)c2ccccc2)n(CCCCCCCCCCCC)c1Cc1ccccc1. The van der Waals surface area contributed by atoms with Crippen LogP contribution >= 0.6 is 0 Å². The molecule has 1 atom stereocenters. The molecule has 2 heteroatoms. The van der Waals surface area contributed by atoms with Gasteiger partial charge in [-0.05, 0) is 42.7 Å². The highest BCUT2D eigenvalue weighted by Crippen LogP contribution is 2.23. The quantitative estimate of drug-likeness (QED) is 0.0476. The van der Waals surface area contributed by atoms with Crippen LogP contribution in [0.15, 0.2) is 66.9 Å². The van der Waals surface area contributed by atoms with E-state index in [9.17, 15) is 0 Å². The standard InChI is InChI=1S/C47H77N2/c1-4-6-8-10-12-14-16-17-18-19-20-22-24-32-38-48-42-46(40-43(3)45-36-30-27-31-37-45)49(47(48)41-44-34-28-26-29-35-44)39-33-25-23-21-15-13-11-9-7-5-2/h26-31,34-37,42-43H,4-25,32-33,38-41H2,1-3H3/q+1. The molecule has 0 saturated carbocycles. The first-order valence-electron chi connectivity index (χ1n) is 21.4.